The van der Waals surface area contributed by atoms with Gasteiger partial charge in [-0.1, -0.05) is 17.7 Å². The summed E-state index contributed by atoms with van der Waals surface area (Å²) in [6.07, 6.45) is 0. The number of hydrogen-bond donors (Lipinski definition) is 2. The summed E-state index contributed by atoms with van der Waals surface area (Å²) in [7, 11) is -2.88. The van der Waals surface area contributed by atoms with Crippen molar-refractivity contribution >= 4 is 44.9 Å². The lowest BCUT2D eigenvalue weighted by molar-refractivity contribution is 0.0600. The first-order valence-corrected chi connectivity index (χ1v) is 10.6. The molecule has 0 aliphatic heterocycles. The fourth-order valence-corrected chi connectivity index (χ4v) is 3.86. The number of sulfonamides is 1. The van der Waals surface area contributed by atoms with Crippen molar-refractivity contribution in [3.8, 4) is 0 Å². The van der Waals surface area contributed by atoms with Gasteiger partial charge >= 0.3 is 5.97 Å². The van der Waals surface area contributed by atoms with Crippen LogP contribution in [0, 0.1) is 5.82 Å². The highest BCUT2D eigenvalue weighted by molar-refractivity contribution is 7.92. The predicted molar refractivity (Wildman–Crippen MR) is 114 cm³/mol. The topological polar surface area (TPSA) is 102 Å². The molecule has 0 spiro atoms. The molecular weight excluding hydrogens is 447 g/mol. The zero-order chi connectivity index (χ0) is 22.6. The summed E-state index contributed by atoms with van der Waals surface area (Å²) >= 11 is 5.84. The minimum atomic E-state index is -4.11. The van der Waals surface area contributed by atoms with Crippen LogP contribution in [0.2, 0.25) is 5.02 Å². The van der Waals surface area contributed by atoms with Crippen molar-refractivity contribution in [3.63, 3.8) is 0 Å². The number of benzene rings is 3. The van der Waals surface area contributed by atoms with Crippen molar-refractivity contribution in [1.29, 1.82) is 0 Å². The van der Waals surface area contributed by atoms with Crippen molar-refractivity contribution in [3.05, 3.63) is 88.7 Å². The highest BCUT2D eigenvalue weighted by Crippen LogP contribution is 2.23. The van der Waals surface area contributed by atoms with Crippen LogP contribution >= 0.6 is 11.6 Å². The van der Waals surface area contributed by atoms with Crippen LogP contribution in [0.5, 0.6) is 0 Å². The normalized spacial score (nSPS) is 10.9. The Morgan fingerprint density at radius 1 is 0.968 bits per heavy atom. The molecule has 31 heavy (non-hydrogen) atoms. The number of carbonyl (C=O) groups is 2. The molecule has 1 amide bonds. The number of esters is 1. The van der Waals surface area contributed by atoms with Crippen molar-refractivity contribution in [1.82, 2.24) is 0 Å². The molecule has 0 saturated heterocycles. The molecule has 3 rings (SSSR count). The molecule has 3 aromatic rings. The standard InChI is InChI=1S/C21H16ClFN2O5S/c1-30-21(27)13-5-7-16(8-6-13)25-31(28,29)17-9-10-19(18(23)12-17)24-20(26)14-3-2-4-15(22)11-14/h2-12,25H,1H3,(H,24,26). The Labute approximate surface area is 182 Å². The Hall–Kier alpha value is -3.43. The smallest absolute Gasteiger partial charge is 0.337 e. The summed E-state index contributed by atoms with van der Waals surface area (Å²) in [6.45, 7) is 0. The Bertz CT molecular complexity index is 1250. The Morgan fingerprint density at radius 2 is 1.68 bits per heavy atom. The molecule has 0 heterocycles. The summed E-state index contributed by atoms with van der Waals surface area (Å²) in [5.41, 5.74) is 0.453. The van der Waals surface area contributed by atoms with Gasteiger partial charge in [0, 0.05) is 16.3 Å². The van der Waals surface area contributed by atoms with Crippen molar-refractivity contribution in [2.24, 2.45) is 0 Å². The third kappa shape index (κ3) is 5.39. The molecule has 0 atom stereocenters. The SMILES string of the molecule is COC(=O)c1ccc(NS(=O)(=O)c2ccc(NC(=O)c3cccc(Cl)c3)c(F)c2)cc1. The maximum atomic E-state index is 14.5. The second-order valence-corrected chi connectivity index (χ2v) is 8.40. The number of amides is 1. The van der Waals surface area contributed by atoms with Gasteiger partial charge in [0.2, 0.25) is 0 Å². The molecule has 0 saturated carbocycles. The second-order valence-electron chi connectivity index (χ2n) is 6.28. The lowest BCUT2D eigenvalue weighted by Crippen LogP contribution is -2.15. The van der Waals surface area contributed by atoms with Gasteiger partial charge < -0.3 is 10.1 Å². The van der Waals surface area contributed by atoms with Crippen LogP contribution < -0.4 is 10.0 Å². The number of nitrogens with one attached hydrogen (secondary N) is 2. The largest absolute Gasteiger partial charge is 0.465 e. The molecular formula is C21H16ClFN2O5S. The molecule has 0 aromatic heterocycles. The van der Waals surface area contributed by atoms with Crippen LogP contribution in [-0.4, -0.2) is 27.4 Å². The van der Waals surface area contributed by atoms with Gasteiger partial charge in [0.05, 0.1) is 23.3 Å². The highest BCUT2D eigenvalue weighted by atomic mass is 35.5. The third-order valence-electron chi connectivity index (χ3n) is 4.14. The quantitative estimate of drug-likeness (QED) is 0.531. The summed E-state index contributed by atoms with van der Waals surface area (Å²) in [6, 6.07) is 14.7. The molecule has 0 fully saturated rings. The molecule has 10 heteroatoms. The zero-order valence-corrected chi connectivity index (χ0v) is 17.6. The van der Waals surface area contributed by atoms with E-state index in [-0.39, 0.29) is 27.4 Å². The van der Waals surface area contributed by atoms with E-state index in [0.29, 0.717) is 5.02 Å². The first-order valence-electron chi connectivity index (χ1n) is 8.77. The van der Waals surface area contributed by atoms with E-state index in [0.717, 1.165) is 18.2 Å². The summed E-state index contributed by atoms with van der Waals surface area (Å²) in [5.74, 6) is -2.09. The first-order chi connectivity index (χ1) is 14.7. The average molecular weight is 463 g/mol. The van der Waals surface area contributed by atoms with Gasteiger partial charge in [0.15, 0.2) is 0 Å². The average Bonchev–Trinajstić information content (AvgIpc) is 2.74. The number of halogens is 2. The number of ether oxygens (including phenoxy) is 1. The fraction of sp³-hybridized carbons (Fsp3) is 0.0476. The molecule has 160 valence electrons. The number of anilines is 2. The van der Waals surface area contributed by atoms with E-state index >= 15 is 0 Å². The number of hydrogen-bond acceptors (Lipinski definition) is 5. The fourth-order valence-electron chi connectivity index (χ4n) is 2.59. The molecule has 2 N–H and O–H groups in total. The number of carbonyl (C=O) groups excluding carboxylic acids is 2. The van der Waals surface area contributed by atoms with E-state index in [4.69, 9.17) is 11.6 Å². The second kappa shape index (κ2) is 9.15. The predicted octanol–water partition coefficient (Wildman–Crippen LogP) is 4.32. The minimum Gasteiger partial charge on any atom is -0.465 e. The van der Waals surface area contributed by atoms with Gasteiger partial charge in [-0.25, -0.2) is 17.6 Å². The van der Waals surface area contributed by atoms with Gasteiger partial charge in [-0.3, -0.25) is 9.52 Å². The van der Waals surface area contributed by atoms with Crippen LogP contribution in [-0.2, 0) is 14.8 Å². The Kier molecular flexibility index (Phi) is 6.57. The molecule has 7 nitrogen and oxygen atoms in total. The molecule has 3 aromatic carbocycles. The summed E-state index contributed by atoms with van der Waals surface area (Å²) < 4.78 is 46.4. The van der Waals surface area contributed by atoms with Gasteiger partial charge in [-0.2, -0.15) is 0 Å². The minimum absolute atomic E-state index is 0.173. The van der Waals surface area contributed by atoms with Crippen LogP contribution in [0.15, 0.2) is 71.6 Å². The zero-order valence-electron chi connectivity index (χ0n) is 16.1. The Morgan fingerprint density at radius 3 is 2.29 bits per heavy atom. The van der Waals surface area contributed by atoms with Crippen molar-refractivity contribution in [2.45, 2.75) is 4.90 Å². The first kappa shape index (κ1) is 22.3. The lowest BCUT2D eigenvalue weighted by atomic mass is 10.2. The maximum Gasteiger partial charge on any atom is 0.337 e. The molecule has 0 aliphatic rings. The van der Waals surface area contributed by atoms with E-state index < -0.39 is 27.7 Å². The van der Waals surface area contributed by atoms with Crippen molar-refractivity contribution in [2.75, 3.05) is 17.1 Å². The number of rotatable bonds is 6. The van der Waals surface area contributed by atoms with E-state index in [1.54, 1.807) is 12.1 Å². The van der Waals surface area contributed by atoms with Crippen LogP contribution in [0.25, 0.3) is 0 Å². The Balaban J connectivity index is 1.76. The van der Waals surface area contributed by atoms with Gasteiger partial charge in [0.25, 0.3) is 15.9 Å². The summed E-state index contributed by atoms with van der Waals surface area (Å²) in [5, 5.41) is 2.72. The number of methoxy groups -OCH3 is 1. The van der Waals surface area contributed by atoms with E-state index in [9.17, 15) is 22.4 Å². The molecule has 0 aliphatic carbocycles. The van der Waals surface area contributed by atoms with Gasteiger partial charge in [-0.05, 0) is 60.7 Å². The molecule has 0 radical (unpaired) electrons. The summed E-state index contributed by atoms with van der Waals surface area (Å²) in [4.78, 5) is 23.3. The van der Waals surface area contributed by atoms with Crippen LogP contribution in [0.1, 0.15) is 20.7 Å². The molecule has 0 bridgehead atoms. The van der Waals surface area contributed by atoms with Crippen LogP contribution in [0.4, 0.5) is 15.8 Å². The highest BCUT2D eigenvalue weighted by Gasteiger charge is 2.18. The van der Waals surface area contributed by atoms with E-state index in [2.05, 4.69) is 14.8 Å². The maximum absolute atomic E-state index is 14.5. The third-order valence-corrected chi connectivity index (χ3v) is 5.76. The molecule has 0 unspecified atom stereocenters. The van der Waals surface area contributed by atoms with Gasteiger partial charge in [0.1, 0.15) is 5.82 Å². The van der Waals surface area contributed by atoms with Gasteiger partial charge in [-0.15, -0.1) is 0 Å². The van der Waals surface area contributed by atoms with E-state index in [1.807, 2.05) is 0 Å². The van der Waals surface area contributed by atoms with Crippen LogP contribution in [0.3, 0.4) is 0 Å². The lowest BCUT2D eigenvalue weighted by Gasteiger charge is -2.11. The van der Waals surface area contributed by atoms with Crippen molar-refractivity contribution < 1.29 is 27.1 Å². The monoisotopic (exact) mass is 462 g/mol. The van der Waals surface area contributed by atoms with E-state index in [1.165, 1.54) is 43.5 Å².